The number of benzene rings is 1. The first-order valence-electron chi connectivity index (χ1n) is 8.37. The maximum absolute atomic E-state index is 10.2. The third kappa shape index (κ3) is 3.33. The van der Waals surface area contributed by atoms with Gasteiger partial charge in [0.05, 0.1) is 0 Å². The third-order valence-electron chi connectivity index (χ3n) is 4.86. The summed E-state index contributed by atoms with van der Waals surface area (Å²) in [4.78, 5) is 0. The van der Waals surface area contributed by atoms with Gasteiger partial charge in [-0.1, -0.05) is 40.2 Å². The van der Waals surface area contributed by atoms with E-state index in [0.29, 0.717) is 17.6 Å². The molecule has 1 N–H and O–H groups in total. The van der Waals surface area contributed by atoms with Crippen molar-refractivity contribution in [2.75, 3.05) is 0 Å². The van der Waals surface area contributed by atoms with Gasteiger partial charge in [-0.2, -0.15) is 0 Å². The van der Waals surface area contributed by atoms with E-state index >= 15 is 0 Å². The molecule has 1 unspecified atom stereocenters. The second kappa shape index (κ2) is 6.25. The SMILES string of the molecule is Cc1cc(O)c(C(C)C)cc1C1=C(C(C)C)CC(C)CC1. The second-order valence-electron chi connectivity index (χ2n) is 7.39. The normalized spacial score (nSPS) is 19.7. The van der Waals surface area contributed by atoms with Gasteiger partial charge in [0.2, 0.25) is 0 Å². The number of hydrogen-bond acceptors (Lipinski definition) is 1. The highest BCUT2D eigenvalue weighted by Gasteiger charge is 2.23. The molecule has 1 aromatic carbocycles. The van der Waals surface area contributed by atoms with E-state index in [2.05, 4.69) is 47.6 Å². The molecule has 0 saturated carbocycles. The Hall–Kier alpha value is -1.24. The maximum Gasteiger partial charge on any atom is 0.119 e. The van der Waals surface area contributed by atoms with Crippen LogP contribution < -0.4 is 0 Å². The summed E-state index contributed by atoms with van der Waals surface area (Å²) in [5.41, 5.74) is 6.82. The molecule has 21 heavy (non-hydrogen) atoms. The van der Waals surface area contributed by atoms with Crippen LogP contribution in [-0.4, -0.2) is 5.11 Å². The lowest BCUT2D eigenvalue weighted by molar-refractivity contribution is 0.464. The molecule has 0 bridgehead atoms. The van der Waals surface area contributed by atoms with Crippen LogP contribution in [0.15, 0.2) is 17.7 Å². The van der Waals surface area contributed by atoms with Crippen LogP contribution in [0.25, 0.3) is 5.57 Å². The van der Waals surface area contributed by atoms with Crippen LogP contribution in [0.4, 0.5) is 0 Å². The lowest BCUT2D eigenvalue weighted by atomic mass is 9.76. The molecule has 1 heteroatoms. The number of allylic oxidation sites excluding steroid dienone is 2. The Bertz CT molecular complexity index is 549. The van der Waals surface area contributed by atoms with Gasteiger partial charge in [0.25, 0.3) is 0 Å². The van der Waals surface area contributed by atoms with Crippen molar-refractivity contribution in [3.8, 4) is 5.75 Å². The largest absolute Gasteiger partial charge is 0.508 e. The van der Waals surface area contributed by atoms with Gasteiger partial charge in [0.1, 0.15) is 5.75 Å². The van der Waals surface area contributed by atoms with Crippen molar-refractivity contribution in [3.05, 3.63) is 34.4 Å². The fraction of sp³-hybridized carbons (Fsp3) is 0.600. The van der Waals surface area contributed by atoms with Gasteiger partial charge in [-0.3, -0.25) is 0 Å². The van der Waals surface area contributed by atoms with E-state index in [1.54, 1.807) is 11.1 Å². The van der Waals surface area contributed by atoms with Crippen LogP contribution in [-0.2, 0) is 0 Å². The van der Waals surface area contributed by atoms with Gasteiger partial charge in [0, 0.05) is 0 Å². The highest BCUT2D eigenvalue weighted by atomic mass is 16.3. The predicted molar refractivity (Wildman–Crippen MR) is 91.7 cm³/mol. The van der Waals surface area contributed by atoms with E-state index in [1.165, 1.54) is 30.4 Å². The first kappa shape index (κ1) is 16.1. The fourth-order valence-corrected chi connectivity index (χ4v) is 3.54. The molecular weight excluding hydrogens is 256 g/mol. The van der Waals surface area contributed by atoms with Crippen LogP contribution in [0.3, 0.4) is 0 Å². The van der Waals surface area contributed by atoms with Gasteiger partial charge in [0.15, 0.2) is 0 Å². The van der Waals surface area contributed by atoms with Crippen LogP contribution >= 0.6 is 0 Å². The molecule has 1 aromatic rings. The monoisotopic (exact) mass is 286 g/mol. The Labute approximate surface area is 130 Å². The molecular formula is C20H30O. The second-order valence-corrected chi connectivity index (χ2v) is 7.39. The molecule has 0 radical (unpaired) electrons. The van der Waals surface area contributed by atoms with Crippen LogP contribution in [0, 0.1) is 18.8 Å². The number of aryl methyl sites for hydroxylation is 1. The zero-order valence-corrected chi connectivity index (χ0v) is 14.5. The van der Waals surface area contributed by atoms with Gasteiger partial charge in [-0.05, 0) is 78.3 Å². The summed E-state index contributed by atoms with van der Waals surface area (Å²) in [5.74, 6) is 2.21. The molecule has 2 rings (SSSR count). The molecule has 0 spiro atoms. The summed E-state index contributed by atoms with van der Waals surface area (Å²) in [6.07, 6.45) is 3.69. The van der Waals surface area contributed by atoms with E-state index in [1.807, 2.05) is 6.07 Å². The summed E-state index contributed by atoms with van der Waals surface area (Å²) in [5, 5.41) is 10.2. The zero-order chi connectivity index (χ0) is 15.7. The Morgan fingerprint density at radius 1 is 1.10 bits per heavy atom. The number of phenols is 1. The van der Waals surface area contributed by atoms with Crippen molar-refractivity contribution in [1.82, 2.24) is 0 Å². The predicted octanol–water partition coefficient (Wildman–Crippen LogP) is 6.05. The summed E-state index contributed by atoms with van der Waals surface area (Å²) in [6, 6.07) is 4.19. The van der Waals surface area contributed by atoms with E-state index in [-0.39, 0.29) is 0 Å². The van der Waals surface area contributed by atoms with Gasteiger partial charge in [-0.15, -0.1) is 0 Å². The smallest absolute Gasteiger partial charge is 0.119 e. The lowest BCUT2D eigenvalue weighted by Crippen LogP contribution is -2.12. The van der Waals surface area contributed by atoms with E-state index in [9.17, 15) is 5.11 Å². The fourth-order valence-electron chi connectivity index (χ4n) is 3.54. The minimum absolute atomic E-state index is 0.356. The van der Waals surface area contributed by atoms with Crippen molar-refractivity contribution < 1.29 is 5.11 Å². The van der Waals surface area contributed by atoms with Crippen molar-refractivity contribution in [2.24, 2.45) is 11.8 Å². The number of aromatic hydroxyl groups is 1. The van der Waals surface area contributed by atoms with Crippen LogP contribution in [0.1, 0.15) is 76.5 Å². The lowest BCUT2D eigenvalue weighted by Gasteiger charge is -2.29. The summed E-state index contributed by atoms with van der Waals surface area (Å²) in [6.45, 7) is 13.4. The average Bonchev–Trinajstić information content (AvgIpc) is 2.38. The Morgan fingerprint density at radius 2 is 1.76 bits per heavy atom. The van der Waals surface area contributed by atoms with Crippen molar-refractivity contribution >= 4 is 5.57 Å². The summed E-state index contributed by atoms with van der Waals surface area (Å²) >= 11 is 0. The Kier molecular flexibility index (Phi) is 4.81. The third-order valence-corrected chi connectivity index (χ3v) is 4.86. The molecule has 0 aromatic heterocycles. The molecule has 0 fully saturated rings. The molecule has 1 aliphatic rings. The first-order valence-corrected chi connectivity index (χ1v) is 8.37. The number of rotatable bonds is 3. The summed E-state index contributed by atoms with van der Waals surface area (Å²) < 4.78 is 0. The standard InChI is InChI=1S/C20H30O/c1-12(2)17-9-14(5)7-8-16(17)19-11-18(13(3)4)20(21)10-15(19)6/h10-14,21H,7-9H2,1-6H3. The molecule has 1 nitrogen and oxygen atoms in total. The van der Waals surface area contributed by atoms with Crippen molar-refractivity contribution in [2.45, 2.75) is 66.7 Å². The first-order chi connectivity index (χ1) is 9.81. The molecule has 1 atom stereocenters. The molecule has 116 valence electrons. The topological polar surface area (TPSA) is 20.2 Å². The van der Waals surface area contributed by atoms with Crippen molar-refractivity contribution in [3.63, 3.8) is 0 Å². The Morgan fingerprint density at radius 3 is 2.33 bits per heavy atom. The molecule has 0 aliphatic heterocycles. The van der Waals surface area contributed by atoms with Gasteiger partial charge in [-0.25, -0.2) is 0 Å². The highest BCUT2D eigenvalue weighted by molar-refractivity contribution is 5.73. The van der Waals surface area contributed by atoms with E-state index in [4.69, 9.17) is 0 Å². The molecule has 0 saturated heterocycles. The zero-order valence-electron chi connectivity index (χ0n) is 14.5. The molecule has 1 aliphatic carbocycles. The molecule has 0 heterocycles. The van der Waals surface area contributed by atoms with Gasteiger partial charge >= 0.3 is 0 Å². The van der Waals surface area contributed by atoms with E-state index < -0.39 is 0 Å². The Balaban J connectivity index is 2.58. The van der Waals surface area contributed by atoms with Crippen LogP contribution in [0.5, 0.6) is 5.75 Å². The highest BCUT2D eigenvalue weighted by Crippen LogP contribution is 2.41. The minimum Gasteiger partial charge on any atom is -0.508 e. The van der Waals surface area contributed by atoms with Gasteiger partial charge < -0.3 is 5.11 Å². The molecule has 0 amide bonds. The number of phenolic OH excluding ortho intramolecular Hbond substituents is 1. The average molecular weight is 286 g/mol. The minimum atomic E-state index is 0.356. The quantitative estimate of drug-likeness (QED) is 0.716. The van der Waals surface area contributed by atoms with Crippen LogP contribution in [0.2, 0.25) is 0 Å². The van der Waals surface area contributed by atoms with Crippen molar-refractivity contribution in [1.29, 1.82) is 0 Å². The summed E-state index contributed by atoms with van der Waals surface area (Å²) in [7, 11) is 0. The number of hydrogen-bond donors (Lipinski definition) is 1. The maximum atomic E-state index is 10.2. The van der Waals surface area contributed by atoms with E-state index in [0.717, 1.165) is 11.5 Å².